The van der Waals surface area contributed by atoms with Crippen LogP contribution in [0, 0.1) is 0 Å². The minimum atomic E-state index is 0.647. The van der Waals surface area contributed by atoms with E-state index in [2.05, 4.69) is 23.7 Å². The Morgan fingerprint density at radius 3 is 3.13 bits per heavy atom. The van der Waals surface area contributed by atoms with Crippen LogP contribution in [0.2, 0.25) is 0 Å². The molecule has 2 rings (SSSR count). The minimum absolute atomic E-state index is 0.647. The van der Waals surface area contributed by atoms with Crippen molar-refractivity contribution >= 4 is 0 Å². The van der Waals surface area contributed by atoms with Gasteiger partial charge in [0.25, 0.3) is 0 Å². The monoisotopic (exact) mass is 208 g/mol. The zero-order chi connectivity index (χ0) is 10.7. The Hall–Kier alpha value is -0.340. The van der Waals surface area contributed by atoms with Crippen LogP contribution in [0.25, 0.3) is 0 Å². The lowest BCUT2D eigenvalue weighted by atomic mass is 10.0. The van der Waals surface area contributed by atoms with Crippen LogP contribution >= 0.6 is 0 Å². The second-order valence-corrected chi connectivity index (χ2v) is 5.07. The molecule has 2 heteroatoms. The summed E-state index contributed by atoms with van der Waals surface area (Å²) in [4.78, 5) is 2.66. The van der Waals surface area contributed by atoms with Crippen LogP contribution in [0.3, 0.4) is 0 Å². The summed E-state index contributed by atoms with van der Waals surface area (Å²) in [6.45, 7) is 8.74. The largest absolute Gasteiger partial charge is 0.310 e. The topological polar surface area (TPSA) is 15.3 Å². The third kappa shape index (κ3) is 2.61. The van der Waals surface area contributed by atoms with Crippen LogP contribution in [0.15, 0.2) is 12.7 Å². The molecule has 1 N–H and O–H groups in total. The van der Waals surface area contributed by atoms with Crippen LogP contribution in [-0.2, 0) is 0 Å². The Labute approximate surface area is 93.7 Å². The molecular formula is C13H24N2. The molecule has 2 fully saturated rings. The second kappa shape index (κ2) is 5.13. The Kier molecular flexibility index (Phi) is 3.81. The summed E-state index contributed by atoms with van der Waals surface area (Å²) in [7, 11) is 0. The lowest BCUT2D eigenvalue weighted by Gasteiger charge is -2.24. The first-order valence-electron chi connectivity index (χ1n) is 6.42. The standard InChI is InChI=1S/C13H24N2/c1-3-4-6-11(2)14-12-8-10-15-9-5-7-13(12)15/h3,11-14H,1,4-10H2,2H3. The van der Waals surface area contributed by atoms with E-state index in [1.165, 1.54) is 38.8 Å². The summed E-state index contributed by atoms with van der Waals surface area (Å²) in [6, 6.07) is 2.25. The molecule has 3 unspecified atom stereocenters. The van der Waals surface area contributed by atoms with E-state index < -0.39 is 0 Å². The molecule has 0 saturated carbocycles. The maximum Gasteiger partial charge on any atom is 0.0250 e. The number of fused-ring (bicyclic) bond motifs is 1. The van der Waals surface area contributed by atoms with E-state index in [1.807, 2.05) is 6.08 Å². The molecule has 0 radical (unpaired) electrons. The van der Waals surface area contributed by atoms with Gasteiger partial charge in [-0.1, -0.05) is 6.08 Å². The van der Waals surface area contributed by atoms with Gasteiger partial charge < -0.3 is 5.32 Å². The van der Waals surface area contributed by atoms with Gasteiger partial charge in [-0.2, -0.15) is 0 Å². The number of nitrogens with zero attached hydrogens (tertiary/aromatic N) is 1. The average molecular weight is 208 g/mol. The number of rotatable bonds is 5. The lowest BCUT2D eigenvalue weighted by Crippen LogP contribution is -2.43. The molecule has 86 valence electrons. The van der Waals surface area contributed by atoms with Crippen LogP contribution in [0.4, 0.5) is 0 Å². The molecule has 2 saturated heterocycles. The summed E-state index contributed by atoms with van der Waals surface area (Å²) < 4.78 is 0. The van der Waals surface area contributed by atoms with Crippen LogP contribution in [0.1, 0.15) is 39.0 Å². The Morgan fingerprint density at radius 2 is 2.33 bits per heavy atom. The van der Waals surface area contributed by atoms with Gasteiger partial charge >= 0.3 is 0 Å². The molecule has 0 aliphatic carbocycles. The van der Waals surface area contributed by atoms with Crippen LogP contribution in [-0.4, -0.2) is 36.1 Å². The first kappa shape index (κ1) is 11.2. The van der Waals surface area contributed by atoms with E-state index in [0.717, 1.165) is 18.5 Å². The van der Waals surface area contributed by atoms with E-state index in [9.17, 15) is 0 Å². The molecule has 2 aliphatic heterocycles. The highest BCUT2D eigenvalue weighted by Crippen LogP contribution is 2.28. The number of nitrogens with one attached hydrogen (secondary N) is 1. The fourth-order valence-corrected chi connectivity index (χ4v) is 3.09. The number of hydrogen-bond acceptors (Lipinski definition) is 2. The van der Waals surface area contributed by atoms with Crippen LogP contribution < -0.4 is 5.32 Å². The Morgan fingerprint density at radius 1 is 1.47 bits per heavy atom. The highest BCUT2D eigenvalue weighted by Gasteiger charge is 2.37. The van der Waals surface area contributed by atoms with E-state index in [4.69, 9.17) is 0 Å². The molecule has 0 bridgehead atoms. The van der Waals surface area contributed by atoms with Crippen molar-refractivity contribution in [3.63, 3.8) is 0 Å². The van der Waals surface area contributed by atoms with Gasteiger partial charge in [-0.3, -0.25) is 4.90 Å². The third-order valence-electron chi connectivity index (χ3n) is 3.91. The zero-order valence-electron chi connectivity index (χ0n) is 9.91. The molecule has 0 aromatic carbocycles. The Balaban J connectivity index is 1.76. The fourth-order valence-electron chi connectivity index (χ4n) is 3.09. The van der Waals surface area contributed by atoms with Gasteiger partial charge in [0.15, 0.2) is 0 Å². The van der Waals surface area contributed by atoms with Crippen molar-refractivity contribution in [3.8, 4) is 0 Å². The molecule has 0 aromatic rings. The van der Waals surface area contributed by atoms with Crippen molar-refractivity contribution in [1.82, 2.24) is 10.2 Å². The van der Waals surface area contributed by atoms with Crippen LogP contribution in [0.5, 0.6) is 0 Å². The zero-order valence-corrected chi connectivity index (χ0v) is 9.91. The van der Waals surface area contributed by atoms with E-state index in [0.29, 0.717) is 6.04 Å². The van der Waals surface area contributed by atoms with E-state index in [1.54, 1.807) is 0 Å². The van der Waals surface area contributed by atoms with Gasteiger partial charge in [0, 0.05) is 24.7 Å². The van der Waals surface area contributed by atoms with Gasteiger partial charge in [-0.05, 0) is 45.6 Å². The van der Waals surface area contributed by atoms with Crippen molar-refractivity contribution in [1.29, 1.82) is 0 Å². The van der Waals surface area contributed by atoms with E-state index in [-0.39, 0.29) is 0 Å². The first-order valence-corrected chi connectivity index (χ1v) is 6.42. The Bertz CT molecular complexity index is 215. The van der Waals surface area contributed by atoms with Crippen molar-refractivity contribution in [2.45, 2.75) is 57.2 Å². The molecule has 0 amide bonds. The van der Waals surface area contributed by atoms with Crippen molar-refractivity contribution < 1.29 is 0 Å². The molecular weight excluding hydrogens is 184 g/mol. The number of allylic oxidation sites excluding steroid dienone is 1. The predicted molar refractivity (Wildman–Crippen MR) is 65.0 cm³/mol. The fraction of sp³-hybridized carbons (Fsp3) is 0.846. The average Bonchev–Trinajstić information content (AvgIpc) is 2.80. The van der Waals surface area contributed by atoms with E-state index >= 15 is 0 Å². The highest BCUT2D eigenvalue weighted by molar-refractivity contribution is 4.96. The molecule has 0 aromatic heterocycles. The maximum atomic E-state index is 3.80. The summed E-state index contributed by atoms with van der Waals surface area (Å²) in [5.74, 6) is 0. The molecule has 2 nitrogen and oxygen atoms in total. The second-order valence-electron chi connectivity index (χ2n) is 5.07. The summed E-state index contributed by atoms with van der Waals surface area (Å²) in [5, 5.41) is 3.80. The maximum absolute atomic E-state index is 3.80. The normalized spacial score (nSPS) is 32.9. The lowest BCUT2D eigenvalue weighted by molar-refractivity contribution is 0.288. The summed E-state index contributed by atoms with van der Waals surface area (Å²) in [6.07, 6.45) is 8.55. The summed E-state index contributed by atoms with van der Waals surface area (Å²) in [5.41, 5.74) is 0. The van der Waals surface area contributed by atoms with Crippen molar-refractivity contribution in [2.24, 2.45) is 0 Å². The van der Waals surface area contributed by atoms with Gasteiger partial charge in [-0.25, -0.2) is 0 Å². The minimum Gasteiger partial charge on any atom is -0.310 e. The predicted octanol–water partition coefficient (Wildman–Crippen LogP) is 2.17. The smallest absolute Gasteiger partial charge is 0.0250 e. The van der Waals surface area contributed by atoms with Gasteiger partial charge in [0.1, 0.15) is 0 Å². The summed E-state index contributed by atoms with van der Waals surface area (Å²) >= 11 is 0. The quantitative estimate of drug-likeness (QED) is 0.697. The molecule has 2 aliphatic rings. The van der Waals surface area contributed by atoms with Crippen molar-refractivity contribution in [2.75, 3.05) is 13.1 Å². The third-order valence-corrected chi connectivity index (χ3v) is 3.91. The first-order chi connectivity index (χ1) is 7.31. The van der Waals surface area contributed by atoms with Gasteiger partial charge in [-0.15, -0.1) is 6.58 Å². The van der Waals surface area contributed by atoms with Gasteiger partial charge in [0.2, 0.25) is 0 Å². The number of hydrogen-bond donors (Lipinski definition) is 1. The SMILES string of the molecule is C=CCCC(C)NC1CCN2CCCC12. The molecule has 15 heavy (non-hydrogen) atoms. The van der Waals surface area contributed by atoms with Gasteiger partial charge in [0.05, 0.1) is 0 Å². The van der Waals surface area contributed by atoms with Crippen molar-refractivity contribution in [3.05, 3.63) is 12.7 Å². The molecule has 2 heterocycles. The highest BCUT2D eigenvalue weighted by atomic mass is 15.2. The molecule has 3 atom stereocenters. The molecule has 0 spiro atoms.